The van der Waals surface area contributed by atoms with E-state index in [0.29, 0.717) is 5.92 Å². The second-order valence-corrected chi connectivity index (χ2v) is 6.85. The monoisotopic (exact) mass is 327 g/mol. The van der Waals surface area contributed by atoms with Gasteiger partial charge in [0.2, 0.25) is 0 Å². The maximum Gasteiger partial charge on any atom is 0.123 e. The summed E-state index contributed by atoms with van der Waals surface area (Å²) >= 11 is 0. The molecule has 1 aromatic heterocycles. The van der Waals surface area contributed by atoms with Crippen molar-refractivity contribution in [3.8, 4) is 11.5 Å². The fourth-order valence-electron chi connectivity index (χ4n) is 3.89. The first-order chi connectivity index (χ1) is 11.7. The molecule has 2 aliphatic heterocycles. The lowest BCUT2D eigenvalue weighted by Gasteiger charge is -2.24. The number of hydrogen-bond acceptors (Lipinski definition) is 4. The third-order valence-electron chi connectivity index (χ3n) is 5.07. The molecule has 0 radical (unpaired) electrons. The van der Waals surface area contributed by atoms with Crippen LogP contribution >= 0.6 is 0 Å². The summed E-state index contributed by atoms with van der Waals surface area (Å²) in [6, 6.07) is 4.26. The largest absolute Gasteiger partial charge is 0.496 e. The Morgan fingerprint density at radius 3 is 3.21 bits per heavy atom. The number of methoxy groups -OCH3 is 1. The molecule has 3 heterocycles. The highest BCUT2D eigenvalue weighted by Crippen LogP contribution is 2.35. The summed E-state index contributed by atoms with van der Waals surface area (Å²) in [6.07, 6.45) is 7.65. The van der Waals surface area contributed by atoms with E-state index in [0.717, 1.165) is 43.1 Å². The van der Waals surface area contributed by atoms with Gasteiger partial charge in [0.05, 0.1) is 7.11 Å². The summed E-state index contributed by atoms with van der Waals surface area (Å²) in [6.45, 7) is 4.93. The third-order valence-corrected chi connectivity index (χ3v) is 5.07. The first-order valence-corrected chi connectivity index (χ1v) is 8.83. The fourth-order valence-corrected chi connectivity index (χ4v) is 3.89. The van der Waals surface area contributed by atoms with Crippen molar-refractivity contribution in [1.29, 1.82) is 0 Å². The van der Waals surface area contributed by atoms with Gasteiger partial charge < -0.3 is 19.4 Å². The highest BCUT2D eigenvalue weighted by molar-refractivity contribution is 5.48. The molecular weight excluding hydrogens is 302 g/mol. The molecule has 1 N–H and O–H groups in total. The molecule has 5 nitrogen and oxygen atoms in total. The number of aromatic nitrogens is 2. The Labute approximate surface area is 143 Å². The number of hydrogen-bond donors (Lipinski definition) is 1. The molecule has 2 unspecified atom stereocenters. The standard InChI is InChI=1S/C19H25N3O2/c1-13-8-15-9-17(23-2)16(10-18(15)24-13)12-20-11-14-4-3-6-22-7-5-21-19(14)22/h5,7,9-10,13-14,20H,3-4,6,8,11-12H2,1-2H3. The Morgan fingerprint density at radius 1 is 1.42 bits per heavy atom. The van der Waals surface area contributed by atoms with Gasteiger partial charge in [-0.2, -0.15) is 0 Å². The van der Waals surface area contributed by atoms with E-state index in [1.54, 1.807) is 7.11 Å². The summed E-state index contributed by atoms with van der Waals surface area (Å²) in [5.74, 6) is 3.66. The Hall–Kier alpha value is -2.01. The van der Waals surface area contributed by atoms with Crippen LogP contribution in [-0.4, -0.2) is 29.3 Å². The van der Waals surface area contributed by atoms with Crippen molar-refractivity contribution in [2.24, 2.45) is 0 Å². The van der Waals surface area contributed by atoms with Gasteiger partial charge in [0.15, 0.2) is 0 Å². The van der Waals surface area contributed by atoms with Gasteiger partial charge in [-0.25, -0.2) is 4.98 Å². The second kappa shape index (κ2) is 6.48. The van der Waals surface area contributed by atoms with Crippen molar-refractivity contribution in [2.45, 2.75) is 51.3 Å². The highest BCUT2D eigenvalue weighted by atomic mass is 16.5. The van der Waals surface area contributed by atoms with E-state index in [2.05, 4.69) is 40.1 Å². The topological polar surface area (TPSA) is 48.3 Å². The summed E-state index contributed by atoms with van der Waals surface area (Å²) in [5.41, 5.74) is 2.40. The Bertz CT molecular complexity index is 725. The molecule has 128 valence electrons. The number of benzene rings is 1. The predicted molar refractivity (Wildman–Crippen MR) is 92.7 cm³/mol. The molecule has 0 saturated carbocycles. The van der Waals surface area contributed by atoms with E-state index in [-0.39, 0.29) is 6.10 Å². The van der Waals surface area contributed by atoms with Crippen molar-refractivity contribution in [1.82, 2.24) is 14.9 Å². The summed E-state index contributed by atoms with van der Waals surface area (Å²) in [4.78, 5) is 4.53. The number of fused-ring (bicyclic) bond motifs is 2. The first kappa shape index (κ1) is 15.5. The van der Waals surface area contributed by atoms with Gasteiger partial charge in [-0.1, -0.05) is 0 Å². The second-order valence-electron chi connectivity index (χ2n) is 6.85. The zero-order chi connectivity index (χ0) is 16.5. The molecule has 0 fully saturated rings. The zero-order valence-electron chi connectivity index (χ0n) is 14.4. The van der Waals surface area contributed by atoms with Crippen molar-refractivity contribution in [3.63, 3.8) is 0 Å². The van der Waals surface area contributed by atoms with Gasteiger partial charge in [-0.15, -0.1) is 0 Å². The van der Waals surface area contributed by atoms with Crippen molar-refractivity contribution < 1.29 is 9.47 Å². The molecule has 1 aromatic carbocycles. The molecule has 2 atom stereocenters. The van der Waals surface area contributed by atoms with Gasteiger partial charge in [0, 0.05) is 55.5 Å². The van der Waals surface area contributed by atoms with Crippen LogP contribution in [-0.2, 0) is 19.5 Å². The lowest BCUT2D eigenvalue weighted by atomic mass is 9.98. The summed E-state index contributed by atoms with van der Waals surface area (Å²) in [7, 11) is 1.74. The minimum absolute atomic E-state index is 0.258. The third kappa shape index (κ3) is 2.88. The minimum atomic E-state index is 0.258. The lowest BCUT2D eigenvalue weighted by molar-refractivity contribution is 0.254. The minimum Gasteiger partial charge on any atom is -0.496 e. The van der Waals surface area contributed by atoms with Crippen molar-refractivity contribution >= 4 is 0 Å². The van der Waals surface area contributed by atoms with E-state index in [9.17, 15) is 0 Å². The summed E-state index contributed by atoms with van der Waals surface area (Å²) in [5, 5.41) is 3.59. The molecule has 0 bridgehead atoms. The van der Waals surface area contributed by atoms with Crippen LogP contribution in [0.5, 0.6) is 11.5 Å². The van der Waals surface area contributed by atoms with Crippen LogP contribution < -0.4 is 14.8 Å². The molecule has 0 spiro atoms. The Kier molecular flexibility index (Phi) is 4.19. The highest BCUT2D eigenvalue weighted by Gasteiger charge is 2.23. The van der Waals surface area contributed by atoms with Gasteiger partial charge >= 0.3 is 0 Å². The van der Waals surface area contributed by atoms with E-state index >= 15 is 0 Å². The van der Waals surface area contributed by atoms with Crippen LogP contribution in [0.25, 0.3) is 0 Å². The first-order valence-electron chi connectivity index (χ1n) is 8.83. The smallest absolute Gasteiger partial charge is 0.123 e. The zero-order valence-corrected chi connectivity index (χ0v) is 14.4. The number of imidazole rings is 1. The molecular formula is C19H25N3O2. The molecule has 2 aliphatic rings. The molecule has 5 heteroatoms. The number of aryl methyl sites for hydroxylation is 1. The maximum absolute atomic E-state index is 5.88. The molecule has 0 aliphatic carbocycles. The molecule has 24 heavy (non-hydrogen) atoms. The van der Waals surface area contributed by atoms with E-state index in [1.807, 2.05) is 6.20 Å². The van der Waals surface area contributed by atoms with E-state index in [1.165, 1.54) is 24.2 Å². The SMILES string of the molecule is COc1cc2c(cc1CNCC1CCCn3ccnc31)OC(C)C2. The maximum atomic E-state index is 5.88. The van der Waals surface area contributed by atoms with Crippen molar-refractivity contribution in [2.75, 3.05) is 13.7 Å². The van der Waals surface area contributed by atoms with Crippen LogP contribution in [0.15, 0.2) is 24.5 Å². The van der Waals surface area contributed by atoms with Gasteiger partial charge in [-0.3, -0.25) is 0 Å². The number of rotatable bonds is 5. The average molecular weight is 327 g/mol. The van der Waals surface area contributed by atoms with Crippen LogP contribution in [0.2, 0.25) is 0 Å². The lowest BCUT2D eigenvalue weighted by Crippen LogP contribution is -2.26. The Morgan fingerprint density at radius 2 is 2.33 bits per heavy atom. The number of ether oxygens (including phenoxy) is 2. The van der Waals surface area contributed by atoms with Crippen LogP contribution in [0, 0.1) is 0 Å². The van der Waals surface area contributed by atoms with Crippen LogP contribution in [0.1, 0.15) is 42.6 Å². The van der Waals surface area contributed by atoms with Crippen molar-refractivity contribution in [3.05, 3.63) is 41.5 Å². The number of nitrogens with zero attached hydrogens (tertiary/aromatic N) is 2. The summed E-state index contributed by atoms with van der Waals surface area (Å²) < 4.78 is 13.7. The van der Waals surface area contributed by atoms with Gasteiger partial charge in [-0.05, 0) is 31.9 Å². The molecule has 0 saturated heterocycles. The fraction of sp³-hybridized carbons (Fsp3) is 0.526. The van der Waals surface area contributed by atoms with Crippen LogP contribution in [0.3, 0.4) is 0 Å². The normalized spacial score (nSPS) is 21.9. The number of nitrogens with one attached hydrogen (secondary N) is 1. The predicted octanol–water partition coefficient (Wildman–Crippen LogP) is 2.88. The van der Waals surface area contributed by atoms with Crippen LogP contribution in [0.4, 0.5) is 0 Å². The Balaban J connectivity index is 1.43. The van der Waals surface area contributed by atoms with E-state index in [4.69, 9.17) is 9.47 Å². The van der Waals surface area contributed by atoms with Gasteiger partial charge in [0.1, 0.15) is 23.4 Å². The average Bonchev–Trinajstić information content (AvgIpc) is 3.19. The quantitative estimate of drug-likeness (QED) is 0.917. The molecule has 4 rings (SSSR count). The molecule has 2 aromatic rings. The molecule has 0 amide bonds. The van der Waals surface area contributed by atoms with Gasteiger partial charge in [0.25, 0.3) is 0 Å². The van der Waals surface area contributed by atoms with E-state index < -0.39 is 0 Å².